The average Bonchev–Trinajstić information content (AvgIpc) is 2.37. The number of aliphatic hydroxyl groups is 1. The van der Waals surface area contributed by atoms with Crippen LogP contribution >= 0.6 is 15.9 Å². The number of carbonyl (C=O) groups excluding carboxylic acids is 1. The summed E-state index contributed by atoms with van der Waals surface area (Å²) in [6, 6.07) is 1.67. The maximum atomic E-state index is 12.3. The van der Waals surface area contributed by atoms with E-state index in [-0.39, 0.29) is 11.9 Å². The van der Waals surface area contributed by atoms with Crippen LogP contribution in [0.5, 0.6) is 0 Å². The predicted molar refractivity (Wildman–Crippen MR) is 72.3 cm³/mol. The molecule has 0 spiro atoms. The van der Waals surface area contributed by atoms with Crippen molar-refractivity contribution in [3.8, 4) is 0 Å². The van der Waals surface area contributed by atoms with Crippen molar-refractivity contribution in [3.05, 3.63) is 28.5 Å². The minimum Gasteiger partial charge on any atom is -0.391 e. The van der Waals surface area contributed by atoms with Crippen LogP contribution in [0, 0.1) is 0 Å². The van der Waals surface area contributed by atoms with Gasteiger partial charge in [-0.15, -0.1) is 0 Å². The van der Waals surface area contributed by atoms with Gasteiger partial charge in [0.2, 0.25) is 0 Å². The van der Waals surface area contributed by atoms with E-state index >= 15 is 0 Å². The van der Waals surface area contributed by atoms with Crippen molar-refractivity contribution in [2.75, 3.05) is 7.05 Å². The van der Waals surface area contributed by atoms with Crippen LogP contribution in [0.4, 0.5) is 0 Å². The molecule has 2 atom stereocenters. The van der Waals surface area contributed by atoms with Gasteiger partial charge in [0.05, 0.1) is 17.7 Å². The normalized spacial score (nSPS) is 23.7. The molecule has 0 radical (unpaired) electrons. The largest absolute Gasteiger partial charge is 0.391 e. The van der Waals surface area contributed by atoms with Crippen molar-refractivity contribution in [2.45, 2.75) is 37.8 Å². The highest BCUT2D eigenvalue weighted by molar-refractivity contribution is 9.10. The number of carbonyl (C=O) groups is 1. The molecule has 1 aromatic rings. The van der Waals surface area contributed by atoms with Crippen LogP contribution in [0.1, 0.15) is 36.0 Å². The first-order chi connectivity index (χ1) is 8.59. The Morgan fingerprint density at radius 2 is 2.17 bits per heavy atom. The first-order valence-electron chi connectivity index (χ1n) is 6.15. The van der Waals surface area contributed by atoms with Gasteiger partial charge in [-0.25, -0.2) is 0 Å². The number of rotatable bonds is 2. The lowest BCUT2D eigenvalue weighted by Gasteiger charge is -2.35. The molecule has 4 nitrogen and oxygen atoms in total. The van der Waals surface area contributed by atoms with Gasteiger partial charge < -0.3 is 10.0 Å². The minimum atomic E-state index is -0.409. The molecule has 2 rings (SSSR count). The van der Waals surface area contributed by atoms with Gasteiger partial charge in [-0.05, 0) is 34.8 Å². The molecule has 1 fully saturated rings. The highest BCUT2D eigenvalue weighted by Gasteiger charge is 2.29. The van der Waals surface area contributed by atoms with Crippen LogP contribution in [0.2, 0.25) is 0 Å². The van der Waals surface area contributed by atoms with Crippen LogP contribution in [-0.2, 0) is 0 Å². The second kappa shape index (κ2) is 5.80. The van der Waals surface area contributed by atoms with Crippen LogP contribution in [0.15, 0.2) is 22.9 Å². The van der Waals surface area contributed by atoms with Gasteiger partial charge in [0, 0.05) is 23.9 Å². The van der Waals surface area contributed by atoms with Crippen molar-refractivity contribution in [3.63, 3.8) is 0 Å². The van der Waals surface area contributed by atoms with Gasteiger partial charge in [0.25, 0.3) is 5.91 Å². The lowest BCUT2D eigenvalue weighted by atomic mass is 9.91. The zero-order valence-electron chi connectivity index (χ0n) is 10.3. The minimum absolute atomic E-state index is 0.0785. The Bertz CT molecular complexity index is 439. The molecule has 2 unspecified atom stereocenters. The Kier molecular flexibility index (Phi) is 4.35. The molecule has 1 amide bonds. The van der Waals surface area contributed by atoms with Crippen LogP contribution in [0.3, 0.4) is 0 Å². The molecule has 1 N–H and O–H groups in total. The van der Waals surface area contributed by atoms with Crippen molar-refractivity contribution < 1.29 is 9.90 Å². The van der Waals surface area contributed by atoms with E-state index < -0.39 is 6.10 Å². The Hall–Kier alpha value is -0.940. The molecular formula is C13H17BrN2O2. The first-order valence-corrected chi connectivity index (χ1v) is 6.94. The number of nitrogens with zero attached hydrogens (tertiary/aromatic N) is 2. The summed E-state index contributed by atoms with van der Waals surface area (Å²) in [6.07, 6.45) is 6.54. The molecule has 1 aliphatic rings. The molecule has 0 saturated heterocycles. The molecule has 1 aromatic heterocycles. The summed E-state index contributed by atoms with van der Waals surface area (Å²) in [5.41, 5.74) is 0.546. The number of halogens is 1. The molecule has 18 heavy (non-hydrogen) atoms. The van der Waals surface area contributed by atoms with E-state index in [1.807, 2.05) is 0 Å². The van der Waals surface area contributed by atoms with Crippen molar-refractivity contribution >= 4 is 21.8 Å². The van der Waals surface area contributed by atoms with Gasteiger partial charge in [0.1, 0.15) is 0 Å². The van der Waals surface area contributed by atoms with E-state index in [1.54, 1.807) is 30.4 Å². The fourth-order valence-corrected chi connectivity index (χ4v) is 2.79. The molecular weight excluding hydrogens is 296 g/mol. The average molecular weight is 313 g/mol. The lowest BCUT2D eigenvalue weighted by molar-refractivity contribution is 0.0267. The SMILES string of the molecule is CN(C(=O)c1cncc(Br)c1)C1CCCCC1O. The molecule has 0 bridgehead atoms. The van der Waals surface area contributed by atoms with Crippen LogP contribution < -0.4 is 0 Å². The van der Waals surface area contributed by atoms with Crippen molar-refractivity contribution in [1.29, 1.82) is 0 Å². The molecule has 1 heterocycles. The first kappa shape index (κ1) is 13.5. The summed E-state index contributed by atoms with van der Waals surface area (Å²) in [7, 11) is 1.75. The third kappa shape index (κ3) is 2.90. The second-order valence-corrected chi connectivity index (χ2v) is 5.64. The monoisotopic (exact) mass is 312 g/mol. The van der Waals surface area contributed by atoms with Gasteiger partial charge in [-0.3, -0.25) is 9.78 Å². The Labute approximate surface area is 115 Å². The number of likely N-dealkylation sites (N-methyl/N-ethyl adjacent to an activating group) is 1. The predicted octanol–water partition coefficient (Wildman–Crippen LogP) is 2.22. The quantitative estimate of drug-likeness (QED) is 0.911. The topological polar surface area (TPSA) is 53.4 Å². The van der Waals surface area contributed by atoms with Crippen molar-refractivity contribution in [1.82, 2.24) is 9.88 Å². The maximum Gasteiger partial charge on any atom is 0.255 e. The summed E-state index contributed by atoms with van der Waals surface area (Å²) in [6.45, 7) is 0. The molecule has 0 aromatic carbocycles. The Morgan fingerprint density at radius 1 is 1.44 bits per heavy atom. The highest BCUT2D eigenvalue weighted by atomic mass is 79.9. The third-order valence-corrected chi connectivity index (χ3v) is 3.90. The fraction of sp³-hybridized carbons (Fsp3) is 0.538. The van der Waals surface area contributed by atoms with Gasteiger partial charge >= 0.3 is 0 Å². The van der Waals surface area contributed by atoms with Gasteiger partial charge in [-0.1, -0.05) is 12.8 Å². The molecule has 1 saturated carbocycles. The van der Waals surface area contributed by atoms with E-state index in [0.29, 0.717) is 5.56 Å². The summed E-state index contributed by atoms with van der Waals surface area (Å²) in [5.74, 6) is -0.0882. The maximum absolute atomic E-state index is 12.3. The van der Waals surface area contributed by atoms with E-state index in [2.05, 4.69) is 20.9 Å². The molecule has 0 aliphatic heterocycles. The zero-order valence-corrected chi connectivity index (χ0v) is 11.9. The van der Waals surface area contributed by atoms with Gasteiger partial charge in [0.15, 0.2) is 0 Å². The summed E-state index contributed by atoms with van der Waals surface area (Å²) in [5, 5.41) is 9.97. The van der Waals surface area contributed by atoms with Crippen molar-refractivity contribution in [2.24, 2.45) is 0 Å². The third-order valence-electron chi connectivity index (χ3n) is 3.46. The number of amides is 1. The molecule has 5 heteroatoms. The van der Waals surface area contributed by atoms with Gasteiger partial charge in [-0.2, -0.15) is 0 Å². The zero-order chi connectivity index (χ0) is 13.1. The number of aromatic nitrogens is 1. The number of pyridine rings is 1. The summed E-state index contributed by atoms with van der Waals surface area (Å²) >= 11 is 3.30. The van der Waals surface area contributed by atoms with E-state index in [9.17, 15) is 9.90 Å². The molecule has 1 aliphatic carbocycles. The van der Waals surface area contributed by atoms with E-state index in [4.69, 9.17) is 0 Å². The van der Waals surface area contributed by atoms with E-state index in [0.717, 1.165) is 30.2 Å². The van der Waals surface area contributed by atoms with E-state index in [1.165, 1.54) is 0 Å². The number of hydrogen-bond donors (Lipinski definition) is 1. The summed E-state index contributed by atoms with van der Waals surface area (Å²) < 4.78 is 0.783. The number of aliphatic hydroxyl groups excluding tert-OH is 1. The summed E-state index contributed by atoms with van der Waals surface area (Å²) in [4.78, 5) is 17.9. The Balaban J connectivity index is 2.13. The number of hydrogen-bond acceptors (Lipinski definition) is 3. The van der Waals surface area contributed by atoms with Crippen LogP contribution in [0.25, 0.3) is 0 Å². The smallest absolute Gasteiger partial charge is 0.255 e. The lowest BCUT2D eigenvalue weighted by Crippen LogP contribution is -2.46. The van der Waals surface area contributed by atoms with Crippen LogP contribution in [-0.4, -0.2) is 40.1 Å². The highest BCUT2D eigenvalue weighted by Crippen LogP contribution is 2.23. The fourth-order valence-electron chi connectivity index (χ4n) is 2.43. The standard InChI is InChI=1S/C13H17BrN2O2/c1-16(11-4-2-3-5-12(11)17)13(18)9-6-10(14)8-15-7-9/h6-8,11-12,17H,2-5H2,1H3. The Morgan fingerprint density at radius 3 is 2.83 bits per heavy atom. The molecule has 98 valence electrons. The second-order valence-electron chi connectivity index (χ2n) is 4.73.